The van der Waals surface area contributed by atoms with Gasteiger partial charge in [-0.1, -0.05) is 76.5 Å². The van der Waals surface area contributed by atoms with Gasteiger partial charge >= 0.3 is 20.4 Å². The second-order valence-electron chi connectivity index (χ2n) is 4.46. The van der Waals surface area contributed by atoms with Crippen molar-refractivity contribution in [3.63, 3.8) is 0 Å². The average molecular weight is 454 g/mol. The quantitative estimate of drug-likeness (QED) is 0.369. The molecule has 5 heteroatoms. The van der Waals surface area contributed by atoms with E-state index in [1.54, 1.807) is 0 Å². The van der Waals surface area contributed by atoms with E-state index in [4.69, 9.17) is 0 Å². The first-order valence-corrected chi connectivity index (χ1v) is 10.5. The van der Waals surface area contributed by atoms with Crippen LogP contribution in [-0.4, -0.2) is 26.7 Å². The van der Waals surface area contributed by atoms with Gasteiger partial charge in [0, 0.05) is 0 Å². The third-order valence-electron chi connectivity index (χ3n) is 2.55. The Morgan fingerprint density at radius 2 is 0.762 bits per heavy atom. The summed E-state index contributed by atoms with van der Waals surface area (Å²) in [7, 11) is 0.209. The van der Waals surface area contributed by atoms with E-state index in [0.717, 1.165) is 0 Å². The average Bonchev–Trinajstić information content (AvgIpc) is 2.41. The van der Waals surface area contributed by atoms with Gasteiger partial charge in [-0.3, -0.25) is 0 Å². The first kappa shape index (κ1) is 26.4. The van der Waals surface area contributed by atoms with Gasteiger partial charge in [0.25, 0.3) is 0 Å². The second kappa shape index (κ2) is 15.4. The topological polar surface area (TPSA) is 0 Å². The van der Waals surface area contributed by atoms with Gasteiger partial charge in [0.1, 0.15) is 0 Å². The van der Waals surface area contributed by atoms with Gasteiger partial charge in [0.2, 0.25) is 0 Å². The summed E-state index contributed by atoms with van der Waals surface area (Å²) in [5, 5.41) is 2.96. The molecule has 2 aromatic rings. The Hall–Kier alpha value is 0.542. The van der Waals surface area contributed by atoms with Crippen LogP contribution in [0.5, 0.6) is 0 Å². The molecule has 2 aromatic carbocycles. The standard InChI is InChI=1S/2C8H11P.2ClH.Pd/c2*1-9(2)8-6-4-3-5-7-8;;;/h2*3-7H,1-2H3;2*1H;/q;;;;+2/p-2. The summed E-state index contributed by atoms with van der Waals surface area (Å²) in [6, 6.07) is 21.2. The molecule has 0 unspecified atom stereocenters. The Kier molecular flexibility index (Phi) is 19.4. The fourth-order valence-electron chi connectivity index (χ4n) is 1.45. The van der Waals surface area contributed by atoms with Gasteiger partial charge in [0.15, 0.2) is 0 Å². The molecule has 0 aliphatic heterocycles. The number of hydrogen-bond acceptors (Lipinski definition) is 0. The Labute approximate surface area is 158 Å². The van der Waals surface area contributed by atoms with Crippen LogP contribution >= 0.6 is 15.8 Å². The zero-order chi connectivity index (χ0) is 13.4. The van der Waals surface area contributed by atoms with Crippen LogP contribution in [0.1, 0.15) is 0 Å². The van der Waals surface area contributed by atoms with E-state index in [-0.39, 0.29) is 61.1 Å². The van der Waals surface area contributed by atoms with E-state index in [9.17, 15) is 0 Å². The fourth-order valence-corrected chi connectivity index (χ4v) is 2.99. The minimum Gasteiger partial charge on any atom is -1.00 e. The molecule has 0 fully saturated rings. The van der Waals surface area contributed by atoms with E-state index in [1.165, 1.54) is 10.6 Å². The van der Waals surface area contributed by atoms with E-state index in [0.29, 0.717) is 0 Å². The van der Waals surface area contributed by atoms with Crippen molar-refractivity contribution in [3.8, 4) is 0 Å². The molecule has 0 saturated carbocycles. The molecule has 0 nitrogen and oxygen atoms in total. The SMILES string of the molecule is CP(C)c1ccccc1.CP(C)c1ccccc1.[Cl-].[Cl-].[Pd+2]. The number of hydrogen-bond donors (Lipinski definition) is 0. The third-order valence-corrected chi connectivity index (χ3v) is 5.21. The van der Waals surface area contributed by atoms with E-state index in [2.05, 4.69) is 87.3 Å². The van der Waals surface area contributed by atoms with Crippen molar-refractivity contribution in [1.29, 1.82) is 0 Å². The Bertz CT molecular complexity index is 393. The summed E-state index contributed by atoms with van der Waals surface area (Å²) in [4.78, 5) is 0. The minimum absolute atomic E-state index is 0. The van der Waals surface area contributed by atoms with Crippen molar-refractivity contribution in [2.24, 2.45) is 0 Å². The molecule has 0 aliphatic rings. The molecule has 0 aromatic heterocycles. The summed E-state index contributed by atoms with van der Waals surface area (Å²) in [5.74, 6) is 0. The van der Waals surface area contributed by atoms with Crippen molar-refractivity contribution < 1.29 is 45.2 Å². The van der Waals surface area contributed by atoms with Crippen LogP contribution in [-0.2, 0) is 20.4 Å². The Morgan fingerprint density at radius 1 is 0.524 bits per heavy atom. The zero-order valence-corrected chi connectivity index (χ0v) is 17.6. The van der Waals surface area contributed by atoms with Gasteiger partial charge in [-0.25, -0.2) is 0 Å². The van der Waals surface area contributed by atoms with Gasteiger partial charge in [-0.15, -0.1) is 0 Å². The molecular formula is C16H22Cl2P2Pd. The predicted molar refractivity (Wildman–Crippen MR) is 89.7 cm³/mol. The summed E-state index contributed by atoms with van der Waals surface area (Å²) in [5.41, 5.74) is 0. The molecule has 0 spiro atoms. The summed E-state index contributed by atoms with van der Waals surface area (Å²) < 4.78 is 0. The first-order valence-electron chi connectivity index (χ1n) is 6.06. The third kappa shape index (κ3) is 11.7. The summed E-state index contributed by atoms with van der Waals surface area (Å²) >= 11 is 0. The summed E-state index contributed by atoms with van der Waals surface area (Å²) in [6.07, 6.45) is 0. The maximum absolute atomic E-state index is 2.27. The van der Waals surface area contributed by atoms with Crippen molar-refractivity contribution in [2.45, 2.75) is 0 Å². The first-order chi connectivity index (χ1) is 8.61. The molecule has 0 heterocycles. The molecule has 0 bridgehead atoms. The van der Waals surface area contributed by atoms with Crippen LogP contribution < -0.4 is 35.4 Å². The van der Waals surface area contributed by atoms with E-state index < -0.39 is 0 Å². The number of benzene rings is 2. The molecule has 0 radical (unpaired) electrons. The van der Waals surface area contributed by atoms with Gasteiger partial charge in [-0.05, 0) is 37.3 Å². The maximum Gasteiger partial charge on any atom is 2.00 e. The fraction of sp³-hybridized carbons (Fsp3) is 0.250. The van der Waals surface area contributed by atoms with Crippen LogP contribution in [0.25, 0.3) is 0 Å². The van der Waals surface area contributed by atoms with Crippen molar-refractivity contribution in [1.82, 2.24) is 0 Å². The van der Waals surface area contributed by atoms with Gasteiger partial charge in [0.05, 0.1) is 0 Å². The van der Waals surface area contributed by atoms with Crippen molar-refractivity contribution >= 4 is 26.5 Å². The normalized spacial score (nSPS) is 8.67. The summed E-state index contributed by atoms with van der Waals surface area (Å²) in [6.45, 7) is 9.07. The monoisotopic (exact) mass is 452 g/mol. The van der Waals surface area contributed by atoms with Gasteiger partial charge < -0.3 is 24.8 Å². The Balaban J connectivity index is -0.000000270. The molecule has 120 valence electrons. The number of halogens is 2. The minimum atomic E-state index is 0. The van der Waals surface area contributed by atoms with Crippen LogP contribution in [0.4, 0.5) is 0 Å². The van der Waals surface area contributed by atoms with Crippen molar-refractivity contribution in [3.05, 3.63) is 60.7 Å². The van der Waals surface area contributed by atoms with Crippen LogP contribution in [0, 0.1) is 0 Å². The molecule has 21 heavy (non-hydrogen) atoms. The maximum atomic E-state index is 2.27. The molecule has 0 amide bonds. The largest absolute Gasteiger partial charge is 2.00 e. The molecule has 0 atom stereocenters. The molecule has 2 rings (SSSR count). The molecule has 0 saturated heterocycles. The van der Waals surface area contributed by atoms with E-state index in [1.807, 2.05) is 0 Å². The molecular weight excluding hydrogens is 431 g/mol. The zero-order valence-electron chi connectivity index (χ0n) is 12.7. The van der Waals surface area contributed by atoms with E-state index >= 15 is 0 Å². The predicted octanol–water partition coefficient (Wildman–Crippen LogP) is -1.89. The Morgan fingerprint density at radius 3 is 0.905 bits per heavy atom. The van der Waals surface area contributed by atoms with Gasteiger partial charge in [-0.2, -0.15) is 0 Å². The van der Waals surface area contributed by atoms with Crippen LogP contribution in [0.2, 0.25) is 0 Å². The van der Waals surface area contributed by atoms with Crippen LogP contribution in [0.3, 0.4) is 0 Å². The van der Waals surface area contributed by atoms with Crippen LogP contribution in [0.15, 0.2) is 60.7 Å². The van der Waals surface area contributed by atoms with Crippen molar-refractivity contribution in [2.75, 3.05) is 26.7 Å². The molecule has 0 N–H and O–H groups in total. The second-order valence-corrected chi connectivity index (χ2v) is 9.07. The molecule has 0 aliphatic carbocycles. The smallest absolute Gasteiger partial charge is 1.00 e. The number of rotatable bonds is 2.